The molecule has 2 rings (SSSR count). The van der Waals surface area contributed by atoms with Crippen molar-refractivity contribution in [1.29, 1.82) is 0 Å². The van der Waals surface area contributed by atoms with Crippen LogP contribution in [-0.2, 0) is 0 Å². The van der Waals surface area contributed by atoms with Crippen molar-refractivity contribution in [2.45, 2.75) is 0 Å². The molecule has 0 fully saturated rings. The second kappa shape index (κ2) is 5.92. The van der Waals surface area contributed by atoms with Gasteiger partial charge >= 0.3 is 0 Å². The minimum absolute atomic E-state index is 0.556. The van der Waals surface area contributed by atoms with Crippen molar-refractivity contribution in [3.05, 3.63) is 52.4 Å². The molecule has 17 heavy (non-hydrogen) atoms. The lowest BCUT2D eigenvalue weighted by Crippen LogP contribution is -2.19. The number of hydrogen-bond acceptors (Lipinski definition) is 2. The van der Waals surface area contributed by atoms with Gasteiger partial charge in [-0.05, 0) is 65.1 Å². The highest BCUT2D eigenvalue weighted by Gasteiger charge is 1.98. The number of nitrogens with zero attached hydrogens (tertiary/aromatic N) is 1. The van der Waals surface area contributed by atoms with Gasteiger partial charge in [0.1, 0.15) is 0 Å². The van der Waals surface area contributed by atoms with Crippen molar-refractivity contribution in [3.8, 4) is 0 Å². The van der Waals surface area contributed by atoms with Crippen LogP contribution in [0.15, 0.2) is 48.8 Å². The molecule has 0 bridgehead atoms. The van der Waals surface area contributed by atoms with E-state index in [0.29, 0.717) is 5.11 Å². The van der Waals surface area contributed by atoms with Crippen molar-refractivity contribution in [2.24, 2.45) is 0 Å². The largest absolute Gasteiger partial charge is 0.332 e. The molecule has 0 radical (unpaired) electrons. The molecular weight excluding hydrogens is 345 g/mol. The number of halogens is 1. The van der Waals surface area contributed by atoms with Crippen LogP contribution in [0.2, 0.25) is 0 Å². The molecule has 2 N–H and O–H groups in total. The van der Waals surface area contributed by atoms with Gasteiger partial charge in [-0.1, -0.05) is 6.07 Å². The molecule has 0 saturated heterocycles. The molecule has 2 aromatic rings. The molecule has 3 nitrogen and oxygen atoms in total. The zero-order valence-corrected chi connectivity index (χ0v) is 11.8. The van der Waals surface area contributed by atoms with Crippen LogP contribution in [0, 0.1) is 3.57 Å². The number of thiocarbonyl (C=S) groups is 1. The number of hydrogen-bond donors (Lipinski definition) is 2. The van der Waals surface area contributed by atoms with Crippen LogP contribution >= 0.6 is 34.8 Å². The van der Waals surface area contributed by atoms with Gasteiger partial charge in [-0.15, -0.1) is 0 Å². The second-order valence-electron chi connectivity index (χ2n) is 3.33. The van der Waals surface area contributed by atoms with Crippen molar-refractivity contribution in [2.75, 3.05) is 10.6 Å². The van der Waals surface area contributed by atoms with Gasteiger partial charge in [0.05, 0.1) is 11.9 Å². The topological polar surface area (TPSA) is 37.0 Å². The van der Waals surface area contributed by atoms with E-state index >= 15 is 0 Å². The average molecular weight is 355 g/mol. The highest BCUT2D eigenvalue weighted by molar-refractivity contribution is 14.1. The maximum Gasteiger partial charge on any atom is 0.175 e. The summed E-state index contributed by atoms with van der Waals surface area (Å²) >= 11 is 7.47. The zero-order chi connectivity index (χ0) is 12.1. The van der Waals surface area contributed by atoms with Crippen LogP contribution in [0.25, 0.3) is 0 Å². The van der Waals surface area contributed by atoms with E-state index in [-0.39, 0.29) is 0 Å². The molecule has 0 aliphatic heterocycles. The molecule has 0 spiro atoms. The minimum atomic E-state index is 0.556. The van der Waals surface area contributed by atoms with Gasteiger partial charge in [-0.3, -0.25) is 4.98 Å². The smallest absolute Gasteiger partial charge is 0.175 e. The van der Waals surface area contributed by atoms with E-state index in [9.17, 15) is 0 Å². The van der Waals surface area contributed by atoms with Gasteiger partial charge in [-0.2, -0.15) is 0 Å². The summed E-state index contributed by atoms with van der Waals surface area (Å²) in [5.41, 5.74) is 1.84. The van der Waals surface area contributed by atoms with Gasteiger partial charge < -0.3 is 10.6 Å². The van der Waals surface area contributed by atoms with E-state index in [0.717, 1.165) is 14.9 Å². The molecule has 86 valence electrons. The van der Waals surface area contributed by atoms with E-state index < -0.39 is 0 Å². The first-order valence-electron chi connectivity index (χ1n) is 4.97. The van der Waals surface area contributed by atoms with E-state index in [1.807, 2.05) is 36.4 Å². The summed E-state index contributed by atoms with van der Waals surface area (Å²) in [4.78, 5) is 4.01. The third kappa shape index (κ3) is 3.94. The fraction of sp³-hybridized carbons (Fsp3) is 0. The van der Waals surface area contributed by atoms with Crippen LogP contribution in [0.1, 0.15) is 0 Å². The summed E-state index contributed by atoms with van der Waals surface area (Å²) in [7, 11) is 0. The first-order valence-corrected chi connectivity index (χ1v) is 6.46. The molecule has 1 aromatic heterocycles. The molecule has 1 heterocycles. The van der Waals surface area contributed by atoms with Gasteiger partial charge in [0, 0.05) is 15.5 Å². The lowest BCUT2D eigenvalue weighted by molar-refractivity contribution is 1.33. The standard InChI is InChI=1S/C12H10IN3S/c13-9-3-1-4-10(7-9)15-12(17)16-11-5-2-6-14-8-11/h1-8H,(H2,15,16,17). The Kier molecular flexibility index (Phi) is 4.27. The van der Waals surface area contributed by atoms with E-state index in [1.165, 1.54) is 0 Å². The molecule has 0 aliphatic carbocycles. The molecule has 0 unspecified atom stereocenters. The Morgan fingerprint density at radius 2 is 1.88 bits per heavy atom. The molecule has 0 atom stereocenters. The fourth-order valence-electron chi connectivity index (χ4n) is 1.30. The van der Waals surface area contributed by atoms with E-state index in [2.05, 4.69) is 38.2 Å². The zero-order valence-electron chi connectivity index (χ0n) is 8.85. The summed E-state index contributed by atoms with van der Waals surface area (Å²) < 4.78 is 1.16. The van der Waals surface area contributed by atoms with Crippen LogP contribution in [0.4, 0.5) is 11.4 Å². The first-order chi connectivity index (χ1) is 8.24. The van der Waals surface area contributed by atoms with Crippen molar-refractivity contribution in [1.82, 2.24) is 4.98 Å². The number of rotatable bonds is 2. The highest BCUT2D eigenvalue weighted by atomic mass is 127. The molecule has 0 aliphatic rings. The predicted molar refractivity (Wildman–Crippen MR) is 83.2 cm³/mol. The third-order valence-electron chi connectivity index (χ3n) is 2.00. The predicted octanol–water partition coefficient (Wildman–Crippen LogP) is 3.50. The maximum absolute atomic E-state index is 5.21. The van der Waals surface area contributed by atoms with E-state index in [4.69, 9.17) is 12.2 Å². The lowest BCUT2D eigenvalue weighted by atomic mass is 10.3. The Hall–Kier alpha value is -1.21. The Labute approximate surface area is 119 Å². The third-order valence-corrected chi connectivity index (χ3v) is 2.88. The minimum Gasteiger partial charge on any atom is -0.332 e. The molecule has 5 heteroatoms. The van der Waals surface area contributed by atoms with Crippen LogP contribution in [-0.4, -0.2) is 10.1 Å². The van der Waals surface area contributed by atoms with Gasteiger partial charge in [0.2, 0.25) is 0 Å². The monoisotopic (exact) mass is 355 g/mol. The summed E-state index contributed by atoms with van der Waals surface area (Å²) in [6.45, 7) is 0. The molecular formula is C12H10IN3S. The Morgan fingerprint density at radius 1 is 1.12 bits per heavy atom. The number of nitrogens with one attached hydrogen (secondary N) is 2. The first kappa shape index (κ1) is 12.3. The number of pyridine rings is 1. The summed E-state index contributed by atoms with van der Waals surface area (Å²) in [6.07, 6.45) is 3.45. The normalized spacial score (nSPS) is 9.71. The van der Waals surface area contributed by atoms with Gasteiger partial charge in [0.25, 0.3) is 0 Å². The van der Waals surface area contributed by atoms with Gasteiger partial charge in [-0.25, -0.2) is 0 Å². The number of anilines is 2. The Bertz CT molecular complexity index is 516. The SMILES string of the molecule is S=C(Nc1cccnc1)Nc1cccc(I)c1. The second-order valence-corrected chi connectivity index (χ2v) is 4.99. The summed E-state index contributed by atoms with van der Waals surface area (Å²) in [6, 6.07) is 11.8. The van der Waals surface area contributed by atoms with Crippen molar-refractivity contribution in [3.63, 3.8) is 0 Å². The van der Waals surface area contributed by atoms with Gasteiger partial charge in [0.15, 0.2) is 5.11 Å². The Morgan fingerprint density at radius 3 is 2.59 bits per heavy atom. The van der Waals surface area contributed by atoms with E-state index in [1.54, 1.807) is 12.4 Å². The number of aromatic nitrogens is 1. The quantitative estimate of drug-likeness (QED) is 0.639. The fourth-order valence-corrected chi connectivity index (χ4v) is 2.08. The molecule has 1 aromatic carbocycles. The van der Waals surface area contributed by atoms with Crippen LogP contribution in [0.5, 0.6) is 0 Å². The van der Waals surface area contributed by atoms with Crippen LogP contribution < -0.4 is 10.6 Å². The molecule has 0 saturated carbocycles. The summed E-state index contributed by atoms with van der Waals surface area (Å²) in [5.74, 6) is 0. The van der Waals surface area contributed by atoms with Crippen LogP contribution in [0.3, 0.4) is 0 Å². The summed E-state index contributed by atoms with van der Waals surface area (Å²) in [5, 5.41) is 6.74. The van der Waals surface area contributed by atoms with Crippen molar-refractivity contribution >= 4 is 51.3 Å². The highest BCUT2D eigenvalue weighted by Crippen LogP contribution is 2.13. The van der Waals surface area contributed by atoms with Crippen molar-refractivity contribution < 1.29 is 0 Å². The number of benzene rings is 1. The maximum atomic E-state index is 5.21. The Balaban J connectivity index is 1.98. The average Bonchev–Trinajstić information content (AvgIpc) is 2.30. The lowest BCUT2D eigenvalue weighted by Gasteiger charge is -2.10. The molecule has 0 amide bonds.